The Morgan fingerprint density at radius 2 is 1.74 bits per heavy atom. The molecule has 34 heavy (non-hydrogen) atoms. The highest BCUT2D eigenvalue weighted by Gasteiger charge is 2.36. The van der Waals surface area contributed by atoms with Crippen molar-refractivity contribution in [3.05, 3.63) is 88.9 Å². The van der Waals surface area contributed by atoms with Crippen LogP contribution in [0.25, 0.3) is 0 Å². The molecule has 3 aromatic carbocycles. The summed E-state index contributed by atoms with van der Waals surface area (Å²) >= 11 is 6.23. The Balaban J connectivity index is 1.41. The van der Waals surface area contributed by atoms with Crippen LogP contribution in [0.5, 0.6) is 5.75 Å². The third-order valence-corrected chi connectivity index (χ3v) is 6.00. The SMILES string of the molecule is COc1ccc(CNC(=O)c2ccccc2NC(=O)[C@H]2CC(=O)N(c3ccccc3Cl)C2)cc1. The predicted molar refractivity (Wildman–Crippen MR) is 131 cm³/mol. The summed E-state index contributed by atoms with van der Waals surface area (Å²) in [5, 5.41) is 6.15. The average molecular weight is 478 g/mol. The molecular weight excluding hydrogens is 454 g/mol. The molecule has 1 atom stereocenters. The van der Waals surface area contributed by atoms with Crippen molar-refractivity contribution in [3.8, 4) is 5.75 Å². The van der Waals surface area contributed by atoms with Gasteiger partial charge < -0.3 is 20.3 Å². The molecule has 7 nitrogen and oxygen atoms in total. The number of hydrogen-bond donors (Lipinski definition) is 2. The number of ether oxygens (including phenoxy) is 1. The van der Waals surface area contributed by atoms with Crippen LogP contribution in [0.15, 0.2) is 72.8 Å². The zero-order valence-corrected chi connectivity index (χ0v) is 19.3. The molecule has 0 radical (unpaired) electrons. The number of rotatable bonds is 7. The molecule has 0 aromatic heterocycles. The molecule has 0 unspecified atom stereocenters. The molecule has 3 amide bonds. The lowest BCUT2D eigenvalue weighted by Crippen LogP contribution is -2.29. The number of nitrogens with one attached hydrogen (secondary N) is 2. The molecular formula is C26H24ClN3O4. The first-order valence-corrected chi connectivity index (χ1v) is 11.2. The second-order valence-electron chi connectivity index (χ2n) is 7.92. The van der Waals surface area contributed by atoms with E-state index in [4.69, 9.17) is 16.3 Å². The fraction of sp³-hybridized carbons (Fsp3) is 0.192. The highest BCUT2D eigenvalue weighted by molar-refractivity contribution is 6.34. The number of benzene rings is 3. The number of methoxy groups -OCH3 is 1. The maximum atomic E-state index is 13.0. The third-order valence-electron chi connectivity index (χ3n) is 5.68. The van der Waals surface area contributed by atoms with Crippen molar-refractivity contribution in [2.24, 2.45) is 5.92 Å². The molecule has 8 heteroatoms. The van der Waals surface area contributed by atoms with E-state index in [1.807, 2.05) is 24.3 Å². The van der Waals surface area contributed by atoms with E-state index in [0.717, 1.165) is 11.3 Å². The molecule has 4 rings (SSSR count). The summed E-state index contributed by atoms with van der Waals surface area (Å²) in [4.78, 5) is 39.9. The summed E-state index contributed by atoms with van der Waals surface area (Å²) in [6, 6.07) is 21.2. The highest BCUT2D eigenvalue weighted by Crippen LogP contribution is 2.31. The van der Waals surface area contributed by atoms with Gasteiger partial charge in [0.1, 0.15) is 5.75 Å². The summed E-state index contributed by atoms with van der Waals surface area (Å²) in [6.45, 7) is 0.551. The summed E-state index contributed by atoms with van der Waals surface area (Å²) in [5.41, 5.74) is 2.24. The largest absolute Gasteiger partial charge is 0.497 e. The lowest BCUT2D eigenvalue weighted by molar-refractivity contribution is -0.122. The number of hydrogen-bond acceptors (Lipinski definition) is 4. The summed E-state index contributed by atoms with van der Waals surface area (Å²) in [7, 11) is 1.60. The van der Waals surface area contributed by atoms with Crippen molar-refractivity contribution in [3.63, 3.8) is 0 Å². The van der Waals surface area contributed by atoms with Gasteiger partial charge in [0.2, 0.25) is 11.8 Å². The number of carbonyl (C=O) groups excluding carboxylic acids is 3. The van der Waals surface area contributed by atoms with Crippen molar-refractivity contribution in [1.29, 1.82) is 0 Å². The molecule has 0 bridgehead atoms. The minimum absolute atomic E-state index is 0.0723. The smallest absolute Gasteiger partial charge is 0.253 e. The predicted octanol–water partition coefficient (Wildman–Crippen LogP) is 4.27. The molecule has 1 heterocycles. The van der Waals surface area contributed by atoms with Gasteiger partial charge in [-0.1, -0.05) is 48.0 Å². The van der Waals surface area contributed by atoms with E-state index in [0.29, 0.717) is 28.5 Å². The van der Waals surface area contributed by atoms with Gasteiger partial charge in [-0.25, -0.2) is 0 Å². The second-order valence-corrected chi connectivity index (χ2v) is 8.33. The fourth-order valence-electron chi connectivity index (χ4n) is 3.83. The van der Waals surface area contributed by atoms with Crippen molar-refractivity contribution < 1.29 is 19.1 Å². The van der Waals surface area contributed by atoms with E-state index >= 15 is 0 Å². The van der Waals surface area contributed by atoms with E-state index < -0.39 is 5.92 Å². The first-order valence-electron chi connectivity index (χ1n) is 10.8. The standard InChI is InChI=1S/C26H24ClN3O4/c1-34-19-12-10-17(11-13-19)15-28-26(33)20-6-2-4-8-22(20)29-25(32)18-14-24(31)30(16-18)23-9-5-3-7-21(23)27/h2-13,18H,14-16H2,1H3,(H,28,33)(H,29,32)/t18-/m0/s1. The van der Waals surface area contributed by atoms with Gasteiger partial charge in [0.15, 0.2) is 0 Å². The van der Waals surface area contributed by atoms with Crippen LogP contribution in [-0.2, 0) is 16.1 Å². The topological polar surface area (TPSA) is 87.7 Å². The van der Waals surface area contributed by atoms with E-state index in [1.165, 1.54) is 4.90 Å². The van der Waals surface area contributed by atoms with Crippen molar-refractivity contribution in [2.45, 2.75) is 13.0 Å². The molecule has 1 aliphatic rings. The molecule has 174 valence electrons. The highest BCUT2D eigenvalue weighted by atomic mass is 35.5. The van der Waals surface area contributed by atoms with Crippen LogP contribution in [-0.4, -0.2) is 31.4 Å². The van der Waals surface area contributed by atoms with Gasteiger partial charge in [0.25, 0.3) is 5.91 Å². The van der Waals surface area contributed by atoms with Gasteiger partial charge in [-0.2, -0.15) is 0 Å². The Morgan fingerprint density at radius 3 is 2.47 bits per heavy atom. The second kappa shape index (κ2) is 10.4. The van der Waals surface area contributed by atoms with Gasteiger partial charge in [-0.3, -0.25) is 14.4 Å². The molecule has 1 saturated heterocycles. The van der Waals surface area contributed by atoms with E-state index in [2.05, 4.69) is 10.6 Å². The van der Waals surface area contributed by atoms with Gasteiger partial charge in [-0.05, 0) is 42.0 Å². The zero-order valence-electron chi connectivity index (χ0n) is 18.6. The Hall–Kier alpha value is -3.84. The number of nitrogens with zero attached hydrogens (tertiary/aromatic N) is 1. The zero-order chi connectivity index (χ0) is 24.1. The Bertz CT molecular complexity index is 1210. The van der Waals surface area contributed by atoms with Crippen LogP contribution >= 0.6 is 11.6 Å². The molecule has 0 aliphatic carbocycles. The monoisotopic (exact) mass is 477 g/mol. The first kappa shape index (κ1) is 23.3. The lowest BCUT2D eigenvalue weighted by atomic mass is 10.1. The normalized spacial score (nSPS) is 15.2. The number of anilines is 2. The number of carbonyl (C=O) groups is 3. The summed E-state index contributed by atoms with van der Waals surface area (Å²) in [6.07, 6.45) is 0.0723. The Kier molecular flexibility index (Phi) is 7.13. The Labute approximate surface area is 202 Å². The molecule has 1 fully saturated rings. The molecule has 3 aromatic rings. The maximum absolute atomic E-state index is 13.0. The minimum atomic E-state index is -0.556. The van der Waals surface area contributed by atoms with Gasteiger partial charge in [0, 0.05) is 19.5 Å². The van der Waals surface area contributed by atoms with Crippen LogP contribution in [0, 0.1) is 5.92 Å². The van der Waals surface area contributed by atoms with Crippen LogP contribution in [0.2, 0.25) is 5.02 Å². The van der Waals surface area contributed by atoms with Crippen LogP contribution in [0.1, 0.15) is 22.3 Å². The number of halogens is 1. The van der Waals surface area contributed by atoms with Gasteiger partial charge in [0.05, 0.1) is 35.0 Å². The first-order chi connectivity index (χ1) is 16.5. The van der Waals surface area contributed by atoms with Crippen molar-refractivity contribution in [2.75, 3.05) is 23.9 Å². The van der Waals surface area contributed by atoms with Crippen LogP contribution in [0.4, 0.5) is 11.4 Å². The molecule has 0 spiro atoms. The van der Waals surface area contributed by atoms with Gasteiger partial charge in [-0.15, -0.1) is 0 Å². The number of para-hydroxylation sites is 2. The maximum Gasteiger partial charge on any atom is 0.253 e. The van der Waals surface area contributed by atoms with Crippen molar-refractivity contribution >= 4 is 40.7 Å². The lowest BCUT2D eigenvalue weighted by Gasteiger charge is -2.18. The average Bonchev–Trinajstić information content (AvgIpc) is 3.25. The number of amides is 3. The molecule has 1 aliphatic heterocycles. The van der Waals surface area contributed by atoms with E-state index in [1.54, 1.807) is 55.6 Å². The van der Waals surface area contributed by atoms with Crippen molar-refractivity contribution in [1.82, 2.24) is 5.32 Å². The minimum Gasteiger partial charge on any atom is -0.497 e. The quantitative estimate of drug-likeness (QED) is 0.532. The Morgan fingerprint density at radius 1 is 1.03 bits per heavy atom. The third kappa shape index (κ3) is 5.21. The van der Waals surface area contributed by atoms with E-state index in [9.17, 15) is 14.4 Å². The van der Waals surface area contributed by atoms with Crippen LogP contribution in [0.3, 0.4) is 0 Å². The molecule has 0 saturated carbocycles. The molecule has 2 N–H and O–H groups in total. The fourth-order valence-corrected chi connectivity index (χ4v) is 4.07. The van der Waals surface area contributed by atoms with Crippen LogP contribution < -0.4 is 20.3 Å². The van der Waals surface area contributed by atoms with Gasteiger partial charge >= 0.3 is 0 Å². The summed E-state index contributed by atoms with van der Waals surface area (Å²) in [5.74, 6) is -0.621. The summed E-state index contributed by atoms with van der Waals surface area (Å²) < 4.78 is 5.14. The van der Waals surface area contributed by atoms with E-state index in [-0.39, 0.29) is 30.7 Å².